The molecule has 0 aromatic rings. The van der Waals surface area contributed by atoms with Crippen LogP contribution in [0.15, 0.2) is 0 Å². The zero-order valence-electron chi connectivity index (χ0n) is 7.39. The van der Waals surface area contributed by atoms with E-state index in [-0.39, 0.29) is 0 Å². The molecule has 0 aromatic carbocycles. The highest BCUT2D eigenvalue weighted by Crippen LogP contribution is 2.41. The van der Waals surface area contributed by atoms with Crippen LogP contribution >= 0.6 is 0 Å². The summed E-state index contributed by atoms with van der Waals surface area (Å²) in [6.45, 7) is 4.48. The Morgan fingerprint density at radius 2 is 1.90 bits per heavy atom. The Morgan fingerprint density at radius 1 is 1.40 bits per heavy atom. The van der Waals surface area contributed by atoms with Crippen molar-refractivity contribution in [2.75, 3.05) is 14.1 Å². The molecule has 1 aliphatic carbocycles. The van der Waals surface area contributed by atoms with Crippen LogP contribution < -0.4 is 5.73 Å². The normalized spacial score (nSPS) is 37.8. The lowest BCUT2D eigenvalue weighted by Gasteiger charge is -2.53. The van der Waals surface area contributed by atoms with Gasteiger partial charge in [-0.1, -0.05) is 13.8 Å². The lowest BCUT2D eigenvalue weighted by molar-refractivity contribution is 0.00547. The van der Waals surface area contributed by atoms with Gasteiger partial charge in [0, 0.05) is 12.1 Å². The predicted molar refractivity (Wildman–Crippen MR) is 43.8 cm³/mol. The highest BCUT2D eigenvalue weighted by molar-refractivity contribution is 5.03. The Morgan fingerprint density at radius 3 is 2.00 bits per heavy atom. The molecule has 1 saturated carbocycles. The molecule has 0 heterocycles. The van der Waals surface area contributed by atoms with Gasteiger partial charge in [0.1, 0.15) is 0 Å². The first-order chi connectivity index (χ1) is 4.46. The molecular weight excluding hydrogens is 124 g/mol. The van der Waals surface area contributed by atoms with E-state index in [9.17, 15) is 0 Å². The van der Waals surface area contributed by atoms with Crippen molar-refractivity contribution in [2.45, 2.75) is 32.4 Å². The lowest BCUT2D eigenvalue weighted by atomic mass is 9.63. The van der Waals surface area contributed by atoms with E-state index in [4.69, 9.17) is 5.73 Å². The van der Waals surface area contributed by atoms with Crippen LogP contribution in [0.1, 0.15) is 20.3 Å². The van der Waals surface area contributed by atoms with Crippen LogP contribution in [0.2, 0.25) is 0 Å². The number of nitrogens with zero attached hydrogens (tertiary/aromatic N) is 1. The van der Waals surface area contributed by atoms with Crippen LogP contribution in [0.5, 0.6) is 0 Å². The second-order valence-electron chi connectivity index (χ2n) is 4.14. The van der Waals surface area contributed by atoms with Gasteiger partial charge in [0.25, 0.3) is 0 Å². The smallest absolute Gasteiger partial charge is 0.0170 e. The molecule has 0 amide bonds. The number of nitrogens with two attached hydrogens (primary N) is 1. The molecule has 2 N–H and O–H groups in total. The topological polar surface area (TPSA) is 29.3 Å². The minimum atomic E-state index is 0.323. The van der Waals surface area contributed by atoms with E-state index in [1.54, 1.807) is 0 Å². The SMILES string of the molecule is CN(C)C1CC(N)C1(C)C. The zero-order chi connectivity index (χ0) is 7.94. The largest absolute Gasteiger partial charge is 0.327 e. The van der Waals surface area contributed by atoms with Crippen LogP contribution in [0, 0.1) is 5.41 Å². The van der Waals surface area contributed by atoms with Gasteiger partial charge < -0.3 is 10.6 Å². The first-order valence-electron chi connectivity index (χ1n) is 3.88. The van der Waals surface area contributed by atoms with Gasteiger partial charge in [-0.15, -0.1) is 0 Å². The molecular formula is C8H18N2. The zero-order valence-corrected chi connectivity index (χ0v) is 7.39. The van der Waals surface area contributed by atoms with Crippen molar-refractivity contribution in [3.05, 3.63) is 0 Å². The Kier molecular flexibility index (Phi) is 1.77. The Hall–Kier alpha value is -0.0800. The van der Waals surface area contributed by atoms with Gasteiger partial charge in [-0.3, -0.25) is 0 Å². The first-order valence-corrected chi connectivity index (χ1v) is 3.88. The Balaban J connectivity index is 2.55. The number of hydrogen-bond acceptors (Lipinski definition) is 2. The van der Waals surface area contributed by atoms with Gasteiger partial charge in [0.05, 0.1) is 0 Å². The van der Waals surface area contributed by atoms with Crippen molar-refractivity contribution in [3.63, 3.8) is 0 Å². The fourth-order valence-electron chi connectivity index (χ4n) is 1.81. The van der Waals surface area contributed by atoms with E-state index in [1.165, 1.54) is 0 Å². The molecule has 1 aliphatic rings. The third kappa shape index (κ3) is 0.956. The molecule has 0 aromatic heterocycles. The van der Waals surface area contributed by atoms with Crippen LogP contribution in [-0.2, 0) is 0 Å². The molecule has 10 heavy (non-hydrogen) atoms. The van der Waals surface area contributed by atoms with E-state index >= 15 is 0 Å². The van der Waals surface area contributed by atoms with Crippen molar-refractivity contribution >= 4 is 0 Å². The standard InChI is InChI=1S/C8H18N2/c1-8(2)6(9)5-7(8)10(3)4/h6-7H,5,9H2,1-4H3. The van der Waals surface area contributed by atoms with Crippen molar-refractivity contribution in [2.24, 2.45) is 11.1 Å². The second-order valence-corrected chi connectivity index (χ2v) is 4.14. The third-order valence-corrected chi connectivity index (χ3v) is 2.92. The molecule has 60 valence electrons. The fourth-order valence-corrected chi connectivity index (χ4v) is 1.81. The summed E-state index contributed by atoms with van der Waals surface area (Å²) in [6, 6.07) is 1.09. The van der Waals surface area contributed by atoms with E-state index in [2.05, 4.69) is 32.8 Å². The van der Waals surface area contributed by atoms with Crippen molar-refractivity contribution in [3.8, 4) is 0 Å². The summed E-state index contributed by atoms with van der Waals surface area (Å²) < 4.78 is 0. The molecule has 2 atom stereocenters. The summed E-state index contributed by atoms with van der Waals surface area (Å²) in [5, 5.41) is 0. The molecule has 2 nitrogen and oxygen atoms in total. The Labute approximate surface area is 63.4 Å². The summed E-state index contributed by atoms with van der Waals surface area (Å²) >= 11 is 0. The van der Waals surface area contributed by atoms with Crippen molar-refractivity contribution in [1.82, 2.24) is 4.90 Å². The predicted octanol–water partition coefficient (Wildman–Crippen LogP) is 0.674. The summed E-state index contributed by atoms with van der Waals surface area (Å²) in [6.07, 6.45) is 1.15. The molecule has 1 rings (SSSR count). The fraction of sp³-hybridized carbons (Fsp3) is 1.00. The highest BCUT2D eigenvalue weighted by atomic mass is 15.1. The molecule has 2 heteroatoms. The van der Waals surface area contributed by atoms with Crippen LogP contribution in [0.25, 0.3) is 0 Å². The monoisotopic (exact) mass is 142 g/mol. The highest BCUT2D eigenvalue weighted by Gasteiger charge is 2.46. The quantitative estimate of drug-likeness (QED) is 0.583. The molecule has 2 unspecified atom stereocenters. The maximum Gasteiger partial charge on any atom is 0.0170 e. The summed E-state index contributed by atoms with van der Waals surface area (Å²) in [5.74, 6) is 0. The first kappa shape index (κ1) is 8.02. The third-order valence-electron chi connectivity index (χ3n) is 2.92. The Bertz CT molecular complexity index is 129. The summed E-state index contributed by atoms with van der Waals surface area (Å²) in [4.78, 5) is 2.27. The number of rotatable bonds is 1. The van der Waals surface area contributed by atoms with Crippen LogP contribution in [0.4, 0.5) is 0 Å². The van der Waals surface area contributed by atoms with E-state index in [0.717, 1.165) is 6.42 Å². The van der Waals surface area contributed by atoms with E-state index < -0.39 is 0 Å². The van der Waals surface area contributed by atoms with Gasteiger partial charge in [-0.2, -0.15) is 0 Å². The average Bonchev–Trinajstić information content (AvgIpc) is 1.82. The molecule has 0 spiro atoms. The van der Waals surface area contributed by atoms with Gasteiger partial charge in [-0.25, -0.2) is 0 Å². The van der Waals surface area contributed by atoms with Gasteiger partial charge in [0.15, 0.2) is 0 Å². The minimum absolute atomic E-state index is 0.323. The second kappa shape index (κ2) is 2.21. The van der Waals surface area contributed by atoms with Gasteiger partial charge in [-0.05, 0) is 25.9 Å². The average molecular weight is 142 g/mol. The number of hydrogen-bond donors (Lipinski definition) is 1. The maximum atomic E-state index is 5.86. The van der Waals surface area contributed by atoms with Gasteiger partial charge in [0.2, 0.25) is 0 Å². The van der Waals surface area contributed by atoms with E-state index in [1.807, 2.05) is 0 Å². The summed E-state index contributed by atoms with van der Waals surface area (Å²) in [7, 11) is 4.25. The lowest BCUT2D eigenvalue weighted by Crippen LogP contribution is -2.62. The molecule has 0 saturated heterocycles. The minimum Gasteiger partial charge on any atom is -0.327 e. The van der Waals surface area contributed by atoms with Crippen LogP contribution in [-0.4, -0.2) is 31.1 Å². The molecule has 0 radical (unpaired) electrons. The molecule has 0 aliphatic heterocycles. The molecule has 0 bridgehead atoms. The van der Waals surface area contributed by atoms with Crippen molar-refractivity contribution in [1.29, 1.82) is 0 Å². The van der Waals surface area contributed by atoms with Crippen molar-refractivity contribution < 1.29 is 0 Å². The van der Waals surface area contributed by atoms with Gasteiger partial charge >= 0.3 is 0 Å². The molecule has 1 fully saturated rings. The van der Waals surface area contributed by atoms with E-state index in [0.29, 0.717) is 17.5 Å². The maximum absolute atomic E-state index is 5.86. The van der Waals surface area contributed by atoms with Crippen LogP contribution in [0.3, 0.4) is 0 Å². The summed E-state index contributed by atoms with van der Waals surface area (Å²) in [5.41, 5.74) is 6.18.